The quantitative estimate of drug-likeness (QED) is 0.166. The van der Waals surface area contributed by atoms with Gasteiger partial charge >= 0.3 is 0 Å². The van der Waals surface area contributed by atoms with Crippen LogP contribution in [0.5, 0.6) is 11.5 Å². The number of halogens is 2. The van der Waals surface area contributed by atoms with Crippen molar-refractivity contribution in [1.82, 2.24) is 10.2 Å². The maximum atomic E-state index is 13.8. The number of nitrogens with zero attached hydrogens (tertiary/aromatic N) is 1. The molecule has 2 aromatic rings. The Kier molecular flexibility index (Phi) is 11.8. The molecule has 3 atom stereocenters. The van der Waals surface area contributed by atoms with E-state index in [1.54, 1.807) is 19.1 Å². The zero-order chi connectivity index (χ0) is 30.1. The molecule has 12 heteroatoms. The first-order valence-corrected chi connectivity index (χ1v) is 14.1. The van der Waals surface area contributed by atoms with Crippen molar-refractivity contribution in [1.29, 1.82) is 0 Å². The molecule has 0 saturated heterocycles. The van der Waals surface area contributed by atoms with E-state index in [4.69, 9.17) is 9.47 Å². The fourth-order valence-corrected chi connectivity index (χ4v) is 5.26. The summed E-state index contributed by atoms with van der Waals surface area (Å²) in [5.41, 5.74) is 1.09. The molecule has 3 unspecified atom stereocenters. The second kappa shape index (κ2) is 15.0. The molecule has 0 aliphatic heterocycles. The molecule has 0 aromatic heterocycles. The van der Waals surface area contributed by atoms with Gasteiger partial charge in [0, 0.05) is 37.1 Å². The molecular weight excluding hydrogens is 650 g/mol. The van der Waals surface area contributed by atoms with E-state index in [0.717, 1.165) is 0 Å². The zero-order valence-electron chi connectivity index (χ0n) is 22.6. The van der Waals surface area contributed by atoms with Crippen LogP contribution in [0, 0.1) is 9.39 Å². The number of rotatable bonds is 13. The van der Waals surface area contributed by atoms with Gasteiger partial charge in [0.15, 0.2) is 11.5 Å². The predicted molar refractivity (Wildman–Crippen MR) is 155 cm³/mol. The molecule has 0 heterocycles. The average molecular weight is 682 g/mol. The molecule has 41 heavy (non-hydrogen) atoms. The lowest BCUT2D eigenvalue weighted by atomic mass is 9.87. The number of hydrogen-bond donors (Lipinski definition) is 3. The first kappa shape index (κ1) is 32.2. The molecular formula is C29H32FIN2O8. The fraction of sp³-hybridized carbons (Fsp3) is 0.379. The summed E-state index contributed by atoms with van der Waals surface area (Å²) in [6.07, 6.45) is -0.488. The lowest BCUT2D eigenvalue weighted by Gasteiger charge is -2.40. The van der Waals surface area contributed by atoms with Crippen LogP contribution in [0.3, 0.4) is 0 Å². The van der Waals surface area contributed by atoms with Crippen LogP contribution < -0.4 is 14.8 Å². The maximum absolute atomic E-state index is 13.8. The number of aldehydes is 1. The highest BCUT2D eigenvalue weighted by molar-refractivity contribution is 14.1. The molecule has 0 radical (unpaired) electrons. The van der Waals surface area contributed by atoms with Crippen LogP contribution in [0.15, 0.2) is 48.0 Å². The first-order valence-electron chi connectivity index (χ1n) is 13.0. The second-order valence-electron chi connectivity index (χ2n) is 9.32. The van der Waals surface area contributed by atoms with Gasteiger partial charge in [0.1, 0.15) is 24.3 Å². The lowest BCUT2D eigenvalue weighted by molar-refractivity contribution is -0.149. The Hall–Kier alpha value is -3.36. The summed E-state index contributed by atoms with van der Waals surface area (Å²) >= 11 is 1.95. The SMILES string of the molecule is CCC(=O)C(=O)N(CCc1cccc(F)c1)C1CC(C(=O)NCCO)=CC(Oc2c(I)cc(C=O)cc2OC)C1O. The van der Waals surface area contributed by atoms with E-state index < -0.39 is 41.7 Å². The molecule has 0 spiro atoms. The van der Waals surface area contributed by atoms with E-state index >= 15 is 0 Å². The van der Waals surface area contributed by atoms with Crippen molar-refractivity contribution in [2.45, 2.75) is 44.4 Å². The molecule has 2 amide bonds. The number of methoxy groups -OCH3 is 1. The van der Waals surface area contributed by atoms with Gasteiger partial charge in [0.05, 0.1) is 23.3 Å². The molecule has 2 aromatic carbocycles. The number of hydrogen-bond acceptors (Lipinski definition) is 8. The van der Waals surface area contributed by atoms with Crippen LogP contribution in [0.2, 0.25) is 0 Å². The predicted octanol–water partition coefficient (Wildman–Crippen LogP) is 2.22. The number of ether oxygens (including phenoxy) is 2. The number of ketones is 1. The molecule has 0 bridgehead atoms. The Morgan fingerprint density at radius 1 is 1.24 bits per heavy atom. The number of aliphatic hydroxyl groups excluding tert-OH is 2. The number of amides is 2. The van der Waals surface area contributed by atoms with Gasteiger partial charge in [-0.15, -0.1) is 0 Å². The third-order valence-electron chi connectivity index (χ3n) is 6.61. The van der Waals surface area contributed by atoms with Crippen molar-refractivity contribution in [3.8, 4) is 11.5 Å². The smallest absolute Gasteiger partial charge is 0.290 e. The van der Waals surface area contributed by atoms with Crippen molar-refractivity contribution in [3.63, 3.8) is 0 Å². The topological polar surface area (TPSA) is 142 Å². The minimum absolute atomic E-state index is 0.0235. The van der Waals surface area contributed by atoms with E-state index in [1.807, 2.05) is 22.6 Å². The molecule has 0 fully saturated rings. The number of carbonyl (C=O) groups is 4. The standard InChI is InChI=1S/C29H32FIN2O8/c1-3-23(36)29(39)33(9-7-17-5-4-6-20(30)11-17)22-14-19(28(38)32-8-10-34)15-24(26(22)37)41-27-21(31)12-18(16-35)13-25(27)40-2/h4-6,11-13,15-16,22,24,26,34,37H,3,7-10,14H2,1-2H3,(H,32,38). The van der Waals surface area contributed by atoms with Crippen LogP contribution >= 0.6 is 22.6 Å². The molecule has 220 valence electrons. The number of carbonyl (C=O) groups excluding carboxylic acids is 4. The van der Waals surface area contributed by atoms with Crippen molar-refractivity contribution in [3.05, 3.63) is 68.6 Å². The van der Waals surface area contributed by atoms with Crippen LogP contribution in [0.1, 0.15) is 35.7 Å². The van der Waals surface area contributed by atoms with E-state index in [1.165, 1.54) is 42.4 Å². The van der Waals surface area contributed by atoms with E-state index in [9.17, 15) is 33.8 Å². The van der Waals surface area contributed by atoms with Crippen molar-refractivity contribution >= 4 is 46.5 Å². The molecule has 3 rings (SSSR count). The van der Waals surface area contributed by atoms with Crippen LogP contribution in [0.4, 0.5) is 4.39 Å². The Labute approximate surface area is 250 Å². The highest BCUT2D eigenvalue weighted by Crippen LogP contribution is 2.37. The first-order chi connectivity index (χ1) is 19.6. The van der Waals surface area contributed by atoms with Gasteiger partial charge in [-0.1, -0.05) is 19.1 Å². The van der Waals surface area contributed by atoms with Crippen molar-refractivity contribution in [2.75, 3.05) is 26.8 Å². The highest BCUT2D eigenvalue weighted by atomic mass is 127. The Morgan fingerprint density at radius 3 is 2.63 bits per heavy atom. The van der Waals surface area contributed by atoms with Gasteiger partial charge in [-0.3, -0.25) is 19.2 Å². The zero-order valence-corrected chi connectivity index (χ0v) is 24.8. The summed E-state index contributed by atoms with van der Waals surface area (Å²) in [5.74, 6) is -2.10. The van der Waals surface area contributed by atoms with Crippen LogP contribution in [-0.2, 0) is 20.8 Å². The summed E-state index contributed by atoms with van der Waals surface area (Å²) in [6, 6.07) is 7.79. The van der Waals surface area contributed by atoms with Gasteiger partial charge in [-0.05, 0) is 64.9 Å². The third-order valence-corrected chi connectivity index (χ3v) is 7.41. The van der Waals surface area contributed by atoms with Crippen molar-refractivity contribution < 1.29 is 43.3 Å². The molecule has 0 saturated carbocycles. The van der Waals surface area contributed by atoms with Crippen molar-refractivity contribution in [2.24, 2.45) is 0 Å². The summed E-state index contributed by atoms with van der Waals surface area (Å²) in [7, 11) is 1.39. The fourth-order valence-electron chi connectivity index (χ4n) is 4.51. The lowest BCUT2D eigenvalue weighted by Crippen LogP contribution is -2.56. The number of Topliss-reactive ketones (excluding diaryl/α,β-unsaturated/α-hetero) is 1. The van der Waals surface area contributed by atoms with Gasteiger partial charge < -0.3 is 29.9 Å². The average Bonchev–Trinajstić information content (AvgIpc) is 2.97. The van der Waals surface area contributed by atoms with Crippen LogP contribution in [-0.4, -0.2) is 84.1 Å². The summed E-state index contributed by atoms with van der Waals surface area (Å²) in [6.45, 7) is 1.18. The monoisotopic (exact) mass is 682 g/mol. The van der Waals surface area contributed by atoms with Gasteiger partial charge in [0.25, 0.3) is 5.91 Å². The van der Waals surface area contributed by atoms with Gasteiger partial charge in [0.2, 0.25) is 11.7 Å². The van der Waals surface area contributed by atoms with E-state index in [0.29, 0.717) is 21.0 Å². The minimum Gasteiger partial charge on any atom is -0.493 e. The number of nitrogens with one attached hydrogen (secondary N) is 1. The van der Waals surface area contributed by atoms with Gasteiger partial charge in [-0.25, -0.2) is 4.39 Å². The third kappa shape index (κ3) is 8.11. The Bertz CT molecular complexity index is 1320. The van der Waals surface area contributed by atoms with E-state index in [2.05, 4.69) is 5.32 Å². The number of aliphatic hydroxyl groups is 2. The summed E-state index contributed by atoms with van der Waals surface area (Å²) in [4.78, 5) is 51.4. The molecule has 3 N–H and O–H groups in total. The molecule has 10 nitrogen and oxygen atoms in total. The Morgan fingerprint density at radius 2 is 2.00 bits per heavy atom. The minimum atomic E-state index is -1.39. The van der Waals surface area contributed by atoms with Gasteiger partial charge in [-0.2, -0.15) is 0 Å². The summed E-state index contributed by atoms with van der Waals surface area (Å²) < 4.78 is 25.8. The van der Waals surface area contributed by atoms with E-state index in [-0.39, 0.29) is 56.0 Å². The normalized spacial score (nSPS) is 18.2. The highest BCUT2D eigenvalue weighted by Gasteiger charge is 2.41. The Balaban J connectivity index is 2.03. The second-order valence-corrected chi connectivity index (χ2v) is 10.5. The molecule has 1 aliphatic carbocycles. The maximum Gasteiger partial charge on any atom is 0.290 e. The summed E-state index contributed by atoms with van der Waals surface area (Å²) in [5, 5.41) is 23.3. The number of benzene rings is 2. The largest absolute Gasteiger partial charge is 0.493 e. The molecule has 1 aliphatic rings. The van der Waals surface area contributed by atoms with Crippen LogP contribution in [0.25, 0.3) is 0 Å².